The lowest BCUT2D eigenvalue weighted by atomic mass is 10.2. The quantitative estimate of drug-likeness (QED) is 0.797. The second kappa shape index (κ2) is 5.44. The van der Waals surface area contributed by atoms with Crippen molar-refractivity contribution in [3.05, 3.63) is 35.4 Å². The minimum absolute atomic E-state index is 0.0466. The minimum Gasteiger partial charge on any atom is -0.450 e. The summed E-state index contributed by atoms with van der Waals surface area (Å²) in [7, 11) is 1.49. The van der Waals surface area contributed by atoms with Crippen LogP contribution in [0.25, 0.3) is 0 Å². The van der Waals surface area contributed by atoms with Crippen molar-refractivity contribution in [2.24, 2.45) is 0 Å². The number of hydrogen-bond donors (Lipinski definition) is 0. The van der Waals surface area contributed by atoms with E-state index in [1.54, 1.807) is 6.92 Å². The number of carbonyl (C=O) groups excluding carboxylic acids is 1. The van der Waals surface area contributed by atoms with Gasteiger partial charge in [0.15, 0.2) is 0 Å². The molecular formula is C11H13F2NO2. The SMILES string of the molecule is CCOC(=O)N(C)Cc1ccc(F)cc1F. The van der Waals surface area contributed by atoms with Crippen molar-refractivity contribution < 1.29 is 18.3 Å². The molecule has 5 heteroatoms. The number of hydrogen-bond acceptors (Lipinski definition) is 2. The van der Waals surface area contributed by atoms with Gasteiger partial charge in [0.1, 0.15) is 11.6 Å². The number of nitrogens with zero attached hydrogens (tertiary/aromatic N) is 1. The first-order valence-electron chi connectivity index (χ1n) is 4.86. The molecule has 0 aliphatic rings. The van der Waals surface area contributed by atoms with Crippen molar-refractivity contribution in [3.8, 4) is 0 Å². The molecule has 0 N–H and O–H groups in total. The molecule has 1 aromatic rings. The molecule has 1 amide bonds. The summed E-state index contributed by atoms with van der Waals surface area (Å²) in [5.74, 6) is -1.31. The van der Waals surface area contributed by atoms with E-state index in [-0.39, 0.29) is 18.7 Å². The van der Waals surface area contributed by atoms with Gasteiger partial charge in [-0.2, -0.15) is 0 Å². The Bertz CT molecular complexity index is 382. The molecule has 1 rings (SSSR count). The summed E-state index contributed by atoms with van der Waals surface area (Å²) < 4.78 is 30.6. The molecule has 0 saturated carbocycles. The highest BCUT2D eigenvalue weighted by Crippen LogP contribution is 2.11. The number of ether oxygens (including phenoxy) is 1. The smallest absolute Gasteiger partial charge is 0.409 e. The molecule has 0 aromatic heterocycles. The molecule has 0 atom stereocenters. The average molecular weight is 229 g/mol. The first kappa shape index (κ1) is 12.4. The van der Waals surface area contributed by atoms with Crippen LogP contribution in [0.1, 0.15) is 12.5 Å². The molecular weight excluding hydrogens is 216 g/mol. The topological polar surface area (TPSA) is 29.5 Å². The maximum atomic E-state index is 13.2. The Morgan fingerprint density at radius 1 is 1.44 bits per heavy atom. The second-order valence-corrected chi connectivity index (χ2v) is 3.29. The van der Waals surface area contributed by atoms with Gasteiger partial charge in [0.25, 0.3) is 0 Å². The monoisotopic (exact) mass is 229 g/mol. The normalized spacial score (nSPS) is 10.0. The maximum absolute atomic E-state index is 13.2. The summed E-state index contributed by atoms with van der Waals surface area (Å²) in [6, 6.07) is 3.24. The molecule has 0 unspecified atom stereocenters. The number of amides is 1. The van der Waals surface area contributed by atoms with E-state index in [2.05, 4.69) is 0 Å². The van der Waals surface area contributed by atoms with Crippen molar-refractivity contribution in [3.63, 3.8) is 0 Å². The molecule has 3 nitrogen and oxygen atoms in total. The van der Waals surface area contributed by atoms with E-state index < -0.39 is 17.7 Å². The lowest BCUT2D eigenvalue weighted by molar-refractivity contribution is 0.114. The zero-order valence-electron chi connectivity index (χ0n) is 9.17. The van der Waals surface area contributed by atoms with Gasteiger partial charge in [0.05, 0.1) is 13.2 Å². The Hall–Kier alpha value is -1.65. The van der Waals surface area contributed by atoms with Crippen LogP contribution in [0.5, 0.6) is 0 Å². The highest BCUT2D eigenvalue weighted by molar-refractivity contribution is 5.67. The Morgan fingerprint density at radius 3 is 2.69 bits per heavy atom. The maximum Gasteiger partial charge on any atom is 0.409 e. The van der Waals surface area contributed by atoms with Gasteiger partial charge in [0, 0.05) is 18.7 Å². The highest BCUT2D eigenvalue weighted by atomic mass is 19.1. The standard InChI is InChI=1S/C11H13F2NO2/c1-3-16-11(15)14(2)7-8-4-5-9(12)6-10(8)13/h4-6H,3,7H2,1-2H3. The van der Waals surface area contributed by atoms with E-state index in [1.807, 2.05) is 0 Å². The van der Waals surface area contributed by atoms with Crippen LogP contribution in [0.15, 0.2) is 18.2 Å². The lowest BCUT2D eigenvalue weighted by Gasteiger charge is -2.16. The zero-order chi connectivity index (χ0) is 12.1. The molecule has 0 aliphatic carbocycles. The van der Waals surface area contributed by atoms with Gasteiger partial charge >= 0.3 is 6.09 Å². The Morgan fingerprint density at radius 2 is 2.12 bits per heavy atom. The molecule has 0 spiro atoms. The van der Waals surface area contributed by atoms with Crippen LogP contribution < -0.4 is 0 Å². The molecule has 0 fully saturated rings. The van der Waals surface area contributed by atoms with Crippen molar-refractivity contribution >= 4 is 6.09 Å². The van der Waals surface area contributed by atoms with Crippen LogP contribution in [0.2, 0.25) is 0 Å². The zero-order valence-corrected chi connectivity index (χ0v) is 9.17. The predicted octanol–water partition coefficient (Wildman–Crippen LogP) is 2.55. The van der Waals surface area contributed by atoms with Gasteiger partial charge < -0.3 is 9.64 Å². The molecule has 0 aliphatic heterocycles. The first-order chi connectivity index (χ1) is 7.54. The third-order valence-electron chi connectivity index (χ3n) is 2.00. The molecule has 16 heavy (non-hydrogen) atoms. The Kier molecular flexibility index (Phi) is 4.22. The van der Waals surface area contributed by atoms with E-state index in [4.69, 9.17) is 4.74 Å². The van der Waals surface area contributed by atoms with Crippen LogP contribution in [0.4, 0.5) is 13.6 Å². The number of halogens is 2. The Labute approximate surface area is 92.6 Å². The number of benzene rings is 1. The fraction of sp³-hybridized carbons (Fsp3) is 0.364. The third-order valence-corrected chi connectivity index (χ3v) is 2.00. The first-order valence-corrected chi connectivity index (χ1v) is 4.86. The molecule has 88 valence electrons. The van der Waals surface area contributed by atoms with Crippen molar-refractivity contribution in [1.82, 2.24) is 4.90 Å². The summed E-state index contributed by atoms with van der Waals surface area (Å²) in [6.45, 7) is 1.99. The largest absolute Gasteiger partial charge is 0.450 e. The van der Waals surface area contributed by atoms with Gasteiger partial charge in [-0.3, -0.25) is 0 Å². The number of rotatable bonds is 3. The summed E-state index contributed by atoms with van der Waals surface area (Å²) in [4.78, 5) is 12.5. The summed E-state index contributed by atoms with van der Waals surface area (Å²) in [5.41, 5.74) is 0.247. The van der Waals surface area contributed by atoms with Gasteiger partial charge in [-0.05, 0) is 13.0 Å². The molecule has 0 bridgehead atoms. The molecule has 1 aromatic carbocycles. The summed E-state index contributed by atoms with van der Waals surface area (Å²) >= 11 is 0. The number of carbonyl (C=O) groups is 1. The predicted molar refractivity (Wildman–Crippen MR) is 54.8 cm³/mol. The van der Waals surface area contributed by atoms with E-state index in [0.29, 0.717) is 0 Å². The third kappa shape index (κ3) is 3.18. The molecule has 0 heterocycles. The van der Waals surface area contributed by atoms with Crippen molar-refractivity contribution in [2.45, 2.75) is 13.5 Å². The van der Waals surface area contributed by atoms with Crippen LogP contribution in [0.3, 0.4) is 0 Å². The van der Waals surface area contributed by atoms with Gasteiger partial charge in [-0.1, -0.05) is 6.07 Å². The van der Waals surface area contributed by atoms with Crippen LogP contribution >= 0.6 is 0 Å². The molecule has 0 radical (unpaired) electrons. The van der Waals surface area contributed by atoms with E-state index in [1.165, 1.54) is 18.0 Å². The minimum atomic E-state index is -0.670. The van der Waals surface area contributed by atoms with E-state index in [9.17, 15) is 13.6 Å². The highest BCUT2D eigenvalue weighted by Gasteiger charge is 2.12. The van der Waals surface area contributed by atoms with E-state index in [0.717, 1.165) is 12.1 Å². The van der Waals surface area contributed by atoms with Gasteiger partial charge in [-0.15, -0.1) is 0 Å². The van der Waals surface area contributed by atoms with Gasteiger partial charge in [-0.25, -0.2) is 13.6 Å². The summed E-state index contributed by atoms with van der Waals surface area (Å²) in [6.07, 6.45) is -0.536. The molecule has 0 saturated heterocycles. The van der Waals surface area contributed by atoms with Crippen molar-refractivity contribution in [2.75, 3.05) is 13.7 Å². The fourth-order valence-corrected chi connectivity index (χ4v) is 1.20. The second-order valence-electron chi connectivity index (χ2n) is 3.29. The van der Waals surface area contributed by atoms with Crippen molar-refractivity contribution in [1.29, 1.82) is 0 Å². The fourth-order valence-electron chi connectivity index (χ4n) is 1.20. The van der Waals surface area contributed by atoms with E-state index >= 15 is 0 Å². The average Bonchev–Trinajstić information content (AvgIpc) is 2.22. The van der Waals surface area contributed by atoms with Crippen LogP contribution in [0, 0.1) is 11.6 Å². The summed E-state index contributed by atoms with van der Waals surface area (Å²) in [5, 5.41) is 0. The lowest BCUT2D eigenvalue weighted by Crippen LogP contribution is -2.27. The van der Waals surface area contributed by atoms with Crippen LogP contribution in [-0.4, -0.2) is 24.6 Å². The van der Waals surface area contributed by atoms with Crippen LogP contribution in [-0.2, 0) is 11.3 Å². The Balaban J connectivity index is 2.69. The van der Waals surface area contributed by atoms with Gasteiger partial charge in [0.2, 0.25) is 0 Å².